The van der Waals surface area contributed by atoms with Crippen molar-refractivity contribution in [3.05, 3.63) is 59.1 Å². The van der Waals surface area contributed by atoms with E-state index in [1.165, 1.54) is 0 Å². The number of sulfonamides is 1. The summed E-state index contributed by atoms with van der Waals surface area (Å²) in [5, 5.41) is 0.621. The second kappa shape index (κ2) is 10.7. The molecule has 4 rings (SSSR count). The van der Waals surface area contributed by atoms with Gasteiger partial charge in [0.05, 0.1) is 11.5 Å². The van der Waals surface area contributed by atoms with Gasteiger partial charge < -0.3 is 9.64 Å². The molecule has 0 spiro atoms. The zero-order valence-electron chi connectivity index (χ0n) is 19.7. The van der Waals surface area contributed by atoms with Crippen LogP contribution in [0.3, 0.4) is 0 Å². The minimum Gasteiger partial charge on any atom is -0.493 e. The molecule has 2 heterocycles. The predicted octanol–water partition coefficient (Wildman–Crippen LogP) is 4.90. The fourth-order valence-corrected chi connectivity index (χ4v) is 6.77. The summed E-state index contributed by atoms with van der Waals surface area (Å²) in [6, 6.07) is 14.1. The smallest absolute Gasteiger partial charge is 0.243 e. The molecule has 0 N–H and O–H groups in total. The number of carbonyl (C=O) groups excluding carboxylic acids is 1. The molecule has 0 aromatic heterocycles. The highest BCUT2D eigenvalue weighted by Crippen LogP contribution is 2.38. The van der Waals surface area contributed by atoms with Gasteiger partial charge in [-0.15, -0.1) is 0 Å². The highest BCUT2D eigenvalue weighted by Gasteiger charge is 2.43. The molecule has 8 heteroatoms. The second-order valence-electron chi connectivity index (χ2n) is 9.62. The van der Waals surface area contributed by atoms with E-state index in [1.807, 2.05) is 17.9 Å². The Morgan fingerprint density at radius 3 is 2.47 bits per heavy atom. The molecule has 2 fully saturated rings. The number of nitrogens with zero attached hydrogens (tertiary/aromatic N) is 2. The van der Waals surface area contributed by atoms with Gasteiger partial charge in [-0.3, -0.25) is 4.79 Å². The third-order valence-electron chi connectivity index (χ3n) is 6.85. The van der Waals surface area contributed by atoms with Gasteiger partial charge in [0.1, 0.15) is 5.75 Å². The average molecular weight is 505 g/mol. The van der Waals surface area contributed by atoms with Crippen molar-refractivity contribution in [2.24, 2.45) is 5.41 Å². The Bertz CT molecular complexity index is 1100. The highest BCUT2D eigenvalue weighted by atomic mass is 35.5. The van der Waals surface area contributed by atoms with Gasteiger partial charge in [0.2, 0.25) is 15.9 Å². The summed E-state index contributed by atoms with van der Waals surface area (Å²) in [5.41, 5.74) is 0.305. The molecule has 2 aromatic carbocycles. The van der Waals surface area contributed by atoms with E-state index in [0.717, 1.165) is 44.3 Å². The lowest BCUT2D eigenvalue weighted by Gasteiger charge is -2.42. The topological polar surface area (TPSA) is 66.9 Å². The summed E-state index contributed by atoms with van der Waals surface area (Å²) in [4.78, 5) is 15.5. The molecule has 0 aliphatic carbocycles. The third-order valence-corrected chi connectivity index (χ3v) is 8.94. The van der Waals surface area contributed by atoms with Crippen LogP contribution in [0.5, 0.6) is 5.75 Å². The third kappa shape index (κ3) is 5.93. The minimum atomic E-state index is -3.67. The number of hydrogen-bond acceptors (Lipinski definition) is 4. The van der Waals surface area contributed by atoms with Crippen LogP contribution in [0, 0.1) is 12.3 Å². The van der Waals surface area contributed by atoms with E-state index in [0.29, 0.717) is 28.6 Å². The van der Waals surface area contributed by atoms with Crippen molar-refractivity contribution in [3.8, 4) is 5.75 Å². The summed E-state index contributed by atoms with van der Waals surface area (Å²) in [7, 11) is -3.67. The van der Waals surface area contributed by atoms with Crippen molar-refractivity contribution in [2.45, 2.75) is 50.3 Å². The monoisotopic (exact) mass is 504 g/mol. The Balaban J connectivity index is 1.58. The van der Waals surface area contributed by atoms with E-state index in [2.05, 4.69) is 0 Å². The van der Waals surface area contributed by atoms with Crippen LogP contribution < -0.4 is 4.74 Å². The van der Waals surface area contributed by atoms with Gasteiger partial charge in [-0.2, -0.15) is 4.31 Å². The number of benzene rings is 2. The molecule has 2 aliphatic heterocycles. The summed E-state index contributed by atoms with van der Waals surface area (Å²) >= 11 is 6.00. The molecule has 6 nitrogen and oxygen atoms in total. The maximum absolute atomic E-state index is 13.5. The summed E-state index contributed by atoms with van der Waals surface area (Å²) in [6.45, 7) is 4.41. The van der Waals surface area contributed by atoms with Gasteiger partial charge in [0, 0.05) is 43.0 Å². The first kappa shape index (κ1) is 25.0. The van der Waals surface area contributed by atoms with Gasteiger partial charge >= 0.3 is 0 Å². The first-order valence-electron chi connectivity index (χ1n) is 12.0. The van der Waals surface area contributed by atoms with Crippen molar-refractivity contribution in [2.75, 3.05) is 32.8 Å². The fourth-order valence-electron chi connectivity index (χ4n) is 4.95. The average Bonchev–Trinajstić information content (AvgIpc) is 2.84. The largest absolute Gasteiger partial charge is 0.493 e. The summed E-state index contributed by atoms with van der Waals surface area (Å²) < 4.78 is 34.7. The normalized spacial score (nSPS) is 21.9. The molecular weight excluding hydrogens is 472 g/mol. The van der Waals surface area contributed by atoms with Crippen molar-refractivity contribution in [1.29, 1.82) is 0 Å². The van der Waals surface area contributed by atoms with E-state index >= 15 is 0 Å². The Morgan fingerprint density at radius 2 is 1.76 bits per heavy atom. The van der Waals surface area contributed by atoms with E-state index in [1.54, 1.807) is 46.8 Å². The molecule has 184 valence electrons. The number of halogens is 1. The number of amides is 1. The first-order valence-corrected chi connectivity index (χ1v) is 13.8. The number of likely N-dealkylation sites (tertiary alicyclic amines) is 1. The molecule has 34 heavy (non-hydrogen) atoms. The molecule has 2 saturated heterocycles. The molecule has 1 amide bonds. The Hall–Kier alpha value is -2.09. The van der Waals surface area contributed by atoms with Gasteiger partial charge in [-0.05, 0) is 81.0 Å². The van der Waals surface area contributed by atoms with Gasteiger partial charge in [0.25, 0.3) is 0 Å². The molecule has 2 aliphatic rings. The second-order valence-corrected chi connectivity index (χ2v) is 12.0. The Kier molecular flexibility index (Phi) is 7.85. The standard InChI is InChI=1S/C26H33ClN2O4S/c1-21-7-5-8-24(17-21)34(31,32)29-16-6-13-26(19-29,18-25(30)28-14-3-2-4-15-28)20-33-23-11-9-22(27)10-12-23/h5,7-12,17H,2-4,6,13-16,18-20H2,1H3/t26-/m1/s1. The fraction of sp³-hybridized carbons (Fsp3) is 0.500. The maximum Gasteiger partial charge on any atom is 0.243 e. The molecule has 1 atom stereocenters. The minimum absolute atomic E-state index is 0.0919. The molecular formula is C26H33ClN2O4S. The SMILES string of the molecule is Cc1cccc(S(=O)(=O)N2CCC[C@@](COc3ccc(Cl)cc3)(CC(=O)N3CCCCC3)C2)c1. The predicted molar refractivity (Wildman–Crippen MR) is 134 cm³/mol. The van der Waals surface area contributed by atoms with E-state index in [4.69, 9.17) is 16.3 Å². The van der Waals surface area contributed by atoms with Crippen LogP contribution in [-0.4, -0.2) is 56.3 Å². The van der Waals surface area contributed by atoms with Crippen molar-refractivity contribution in [1.82, 2.24) is 9.21 Å². The zero-order valence-corrected chi connectivity index (χ0v) is 21.3. The van der Waals surface area contributed by atoms with Gasteiger partial charge in [-0.25, -0.2) is 8.42 Å². The number of ether oxygens (including phenoxy) is 1. The number of piperidine rings is 2. The Morgan fingerprint density at radius 1 is 1.03 bits per heavy atom. The summed E-state index contributed by atoms with van der Waals surface area (Å²) in [5.74, 6) is 0.752. The number of hydrogen-bond donors (Lipinski definition) is 0. The van der Waals surface area contributed by atoms with Crippen LogP contribution in [0.25, 0.3) is 0 Å². The number of aryl methyl sites for hydroxylation is 1. The van der Waals surface area contributed by atoms with Crippen LogP contribution in [0.1, 0.15) is 44.1 Å². The van der Waals surface area contributed by atoms with Gasteiger partial charge in [0.15, 0.2) is 0 Å². The lowest BCUT2D eigenvalue weighted by molar-refractivity contribution is -0.136. The number of rotatable bonds is 7. The van der Waals surface area contributed by atoms with Crippen LogP contribution in [0.15, 0.2) is 53.4 Å². The molecule has 0 radical (unpaired) electrons. The highest BCUT2D eigenvalue weighted by molar-refractivity contribution is 7.89. The van der Waals surface area contributed by atoms with Crippen LogP contribution >= 0.6 is 11.6 Å². The molecule has 2 aromatic rings. The lowest BCUT2D eigenvalue weighted by atomic mass is 9.78. The number of carbonyl (C=O) groups is 1. The quantitative estimate of drug-likeness (QED) is 0.537. The summed E-state index contributed by atoms with van der Waals surface area (Å²) in [6.07, 6.45) is 4.89. The van der Waals surface area contributed by atoms with Crippen molar-refractivity contribution in [3.63, 3.8) is 0 Å². The zero-order chi connectivity index (χ0) is 24.2. The first-order chi connectivity index (χ1) is 16.3. The Labute approximate surface area is 207 Å². The van der Waals surface area contributed by atoms with Gasteiger partial charge in [-0.1, -0.05) is 23.7 Å². The van der Waals surface area contributed by atoms with Crippen LogP contribution in [0.4, 0.5) is 0 Å². The maximum atomic E-state index is 13.5. The lowest BCUT2D eigenvalue weighted by Crippen LogP contribution is -2.51. The molecule has 0 bridgehead atoms. The van der Waals surface area contributed by atoms with Crippen molar-refractivity contribution < 1.29 is 17.9 Å². The molecule has 0 unspecified atom stereocenters. The van der Waals surface area contributed by atoms with Crippen molar-refractivity contribution >= 4 is 27.5 Å². The van der Waals surface area contributed by atoms with E-state index in [-0.39, 0.29) is 25.5 Å². The van der Waals surface area contributed by atoms with Crippen LogP contribution in [0.2, 0.25) is 5.02 Å². The molecule has 0 saturated carbocycles. The van der Waals surface area contributed by atoms with E-state index in [9.17, 15) is 13.2 Å². The van der Waals surface area contributed by atoms with Crippen LogP contribution in [-0.2, 0) is 14.8 Å². The van der Waals surface area contributed by atoms with E-state index < -0.39 is 15.4 Å².